The van der Waals surface area contributed by atoms with E-state index in [0.717, 1.165) is 6.29 Å². The van der Waals surface area contributed by atoms with Crippen molar-refractivity contribution < 1.29 is 19.0 Å². The van der Waals surface area contributed by atoms with Gasteiger partial charge in [0.2, 0.25) is 0 Å². The van der Waals surface area contributed by atoms with E-state index in [2.05, 4.69) is 6.58 Å². The summed E-state index contributed by atoms with van der Waals surface area (Å²) in [7, 11) is 1.53. The van der Waals surface area contributed by atoms with Crippen LogP contribution in [-0.4, -0.2) is 26.8 Å². The molecule has 0 atom stereocenters. The second kappa shape index (κ2) is 6.63. The molecule has 0 fully saturated rings. The number of rotatable bonds is 7. The number of ether oxygens (including phenoxy) is 3. The summed E-state index contributed by atoms with van der Waals surface area (Å²) in [6.45, 7) is 4.03. The first-order chi connectivity index (χ1) is 7.81. The predicted molar refractivity (Wildman–Crippen MR) is 60.0 cm³/mol. The van der Waals surface area contributed by atoms with E-state index >= 15 is 0 Å². The summed E-state index contributed by atoms with van der Waals surface area (Å²) in [6.07, 6.45) is 2.37. The fourth-order valence-electron chi connectivity index (χ4n) is 1.10. The minimum atomic E-state index is 0.130. The van der Waals surface area contributed by atoms with Crippen molar-refractivity contribution in [1.29, 1.82) is 0 Å². The molecule has 4 nitrogen and oxygen atoms in total. The van der Waals surface area contributed by atoms with Crippen LogP contribution < -0.4 is 9.47 Å². The molecular formula is C12H14O4. The Bertz CT molecular complexity index is 360. The highest BCUT2D eigenvalue weighted by atomic mass is 16.7. The van der Waals surface area contributed by atoms with E-state index in [1.807, 2.05) is 0 Å². The normalized spacial score (nSPS) is 9.56. The molecular weight excluding hydrogens is 208 g/mol. The van der Waals surface area contributed by atoms with Crippen molar-refractivity contribution in [3.8, 4) is 11.5 Å². The van der Waals surface area contributed by atoms with Crippen molar-refractivity contribution in [3.05, 3.63) is 36.4 Å². The molecule has 16 heavy (non-hydrogen) atoms. The number of carbonyl (C=O) groups is 1. The predicted octanol–water partition coefficient (Wildman–Crippen LogP) is 2.05. The number of hydrogen-bond acceptors (Lipinski definition) is 4. The molecule has 0 N–H and O–H groups in total. The van der Waals surface area contributed by atoms with Gasteiger partial charge in [-0.2, -0.15) is 0 Å². The van der Waals surface area contributed by atoms with Gasteiger partial charge >= 0.3 is 0 Å². The van der Waals surface area contributed by atoms with Crippen molar-refractivity contribution in [2.75, 3.05) is 20.5 Å². The number of methoxy groups -OCH3 is 1. The lowest BCUT2D eigenvalue weighted by Crippen LogP contribution is -2.02. The van der Waals surface area contributed by atoms with Gasteiger partial charge in [0.25, 0.3) is 0 Å². The highest BCUT2D eigenvalue weighted by Gasteiger charge is 2.05. The van der Waals surface area contributed by atoms with Gasteiger partial charge in [0.15, 0.2) is 18.3 Å². The summed E-state index contributed by atoms with van der Waals surface area (Å²) >= 11 is 0. The number of aldehydes is 1. The lowest BCUT2D eigenvalue weighted by Gasteiger charge is -2.11. The van der Waals surface area contributed by atoms with Crippen LogP contribution in [0.4, 0.5) is 0 Å². The standard InChI is InChI=1S/C12H14O4/c1-3-6-15-12-7-10(8-13)4-5-11(12)16-9-14-2/h3-5,7-8H,1,6,9H2,2H3. The van der Waals surface area contributed by atoms with Crippen molar-refractivity contribution >= 4 is 6.29 Å². The third-order valence-corrected chi connectivity index (χ3v) is 1.79. The van der Waals surface area contributed by atoms with Gasteiger partial charge in [-0.1, -0.05) is 12.7 Å². The zero-order valence-electron chi connectivity index (χ0n) is 9.14. The molecule has 1 rings (SSSR count). The highest BCUT2D eigenvalue weighted by Crippen LogP contribution is 2.27. The fourth-order valence-corrected chi connectivity index (χ4v) is 1.10. The van der Waals surface area contributed by atoms with Gasteiger partial charge in [-0.05, 0) is 18.2 Å². The van der Waals surface area contributed by atoms with E-state index in [1.54, 1.807) is 24.3 Å². The average molecular weight is 222 g/mol. The van der Waals surface area contributed by atoms with E-state index in [0.29, 0.717) is 23.7 Å². The minimum absolute atomic E-state index is 0.130. The number of hydrogen-bond donors (Lipinski definition) is 0. The van der Waals surface area contributed by atoms with Crippen molar-refractivity contribution in [2.45, 2.75) is 0 Å². The average Bonchev–Trinajstić information content (AvgIpc) is 2.34. The van der Waals surface area contributed by atoms with Crippen LogP contribution in [-0.2, 0) is 4.74 Å². The van der Waals surface area contributed by atoms with E-state index in [1.165, 1.54) is 7.11 Å². The lowest BCUT2D eigenvalue weighted by molar-refractivity contribution is 0.0488. The summed E-state index contributed by atoms with van der Waals surface area (Å²) in [5.74, 6) is 1.04. The summed E-state index contributed by atoms with van der Waals surface area (Å²) in [6, 6.07) is 4.93. The highest BCUT2D eigenvalue weighted by molar-refractivity contribution is 5.76. The van der Waals surface area contributed by atoms with Gasteiger partial charge < -0.3 is 14.2 Å². The Kier molecular flexibility index (Phi) is 5.08. The van der Waals surface area contributed by atoms with Crippen molar-refractivity contribution in [1.82, 2.24) is 0 Å². The van der Waals surface area contributed by atoms with E-state index in [4.69, 9.17) is 14.2 Å². The Hall–Kier alpha value is -1.81. The van der Waals surface area contributed by atoms with Crippen LogP contribution in [0.2, 0.25) is 0 Å². The SMILES string of the molecule is C=CCOc1cc(C=O)ccc1OCOC. The maximum atomic E-state index is 10.6. The van der Waals surface area contributed by atoms with Gasteiger partial charge in [0, 0.05) is 12.7 Å². The molecule has 0 unspecified atom stereocenters. The van der Waals surface area contributed by atoms with Gasteiger partial charge in [-0.3, -0.25) is 4.79 Å². The quantitative estimate of drug-likeness (QED) is 0.402. The van der Waals surface area contributed by atoms with Crippen LogP contribution in [0.5, 0.6) is 11.5 Å². The second-order valence-electron chi connectivity index (χ2n) is 2.97. The Balaban J connectivity index is 2.86. The molecule has 0 saturated heterocycles. The first-order valence-corrected chi connectivity index (χ1v) is 4.76. The minimum Gasteiger partial charge on any atom is -0.486 e. The molecule has 1 aromatic carbocycles. The van der Waals surface area contributed by atoms with Crippen LogP contribution in [0.25, 0.3) is 0 Å². The van der Waals surface area contributed by atoms with Crippen molar-refractivity contribution in [2.24, 2.45) is 0 Å². The zero-order chi connectivity index (χ0) is 11.8. The molecule has 0 spiro atoms. The van der Waals surface area contributed by atoms with E-state index < -0.39 is 0 Å². The maximum Gasteiger partial charge on any atom is 0.188 e. The smallest absolute Gasteiger partial charge is 0.188 e. The van der Waals surface area contributed by atoms with Crippen LogP contribution in [0, 0.1) is 0 Å². The monoisotopic (exact) mass is 222 g/mol. The molecule has 0 saturated carbocycles. The second-order valence-corrected chi connectivity index (χ2v) is 2.97. The number of benzene rings is 1. The molecule has 1 aromatic rings. The van der Waals surface area contributed by atoms with Gasteiger partial charge in [-0.15, -0.1) is 0 Å². The lowest BCUT2D eigenvalue weighted by atomic mass is 10.2. The molecule has 0 amide bonds. The molecule has 4 heteroatoms. The third-order valence-electron chi connectivity index (χ3n) is 1.79. The Morgan fingerprint density at radius 3 is 2.75 bits per heavy atom. The molecule has 0 bridgehead atoms. The Labute approximate surface area is 94.4 Å². The molecule has 0 aliphatic heterocycles. The molecule has 0 aliphatic carbocycles. The molecule has 86 valence electrons. The summed E-state index contributed by atoms with van der Waals surface area (Å²) in [5, 5.41) is 0. The zero-order valence-corrected chi connectivity index (χ0v) is 9.14. The van der Waals surface area contributed by atoms with Crippen LogP contribution >= 0.6 is 0 Å². The maximum absolute atomic E-state index is 10.6. The molecule has 0 heterocycles. The Morgan fingerprint density at radius 1 is 1.31 bits per heavy atom. The summed E-state index contributed by atoms with van der Waals surface area (Å²) < 4.78 is 15.4. The van der Waals surface area contributed by atoms with Gasteiger partial charge in [0.1, 0.15) is 12.9 Å². The van der Waals surface area contributed by atoms with Crippen molar-refractivity contribution in [3.63, 3.8) is 0 Å². The molecule has 0 aliphatic rings. The summed E-state index contributed by atoms with van der Waals surface area (Å²) in [4.78, 5) is 10.6. The largest absolute Gasteiger partial charge is 0.486 e. The van der Waals surface area contributed by atoms with E-state index in [9.17, 15) is 4.79 Å². The third kappa shape index (κ3) is 3.40. The van der Waals surface area contributed by atoms with Crippen LogP contribution in [0.3, 0.4) is 0 Å². The van der Waals surface area contributed by atoms with Gasteiger partial charge in [0.05, 0.1) is 0 Å². The fraction of sp³-hybridized carbons (Fsp3) is 0.250. The van der Waals surface area contributed by atoms with E-state index in [-0.39, 0.29) is 6.79 Å². The first-order valence-electron chi connectivity index (χ1n) is 4.76. The molecule has 0 radical (unpaired) electrons. The van der Waals surface area contributed by atoms with Crippen LogP contribution in [0.1, 0.15) is 10.4 Å². The van der Waals surface area contributed by atoms with Gasteiger partial charge in [-0.25, -0.2) is 0 Å². The molecule has 0 aromatic heterocycles. The summed E-state index contributed by atoms with van der Waals surface area (Å²) in [5.41, 5.74) is 0.531. The van der Waals surface area contributed by atoms with Crippen LogP contribution in [0.15, 0.2) is 30.9 Å². The first kappa shape index (κ1) is 12.3. The Morgan fingerprint density at radius 2 is 2.12 bits per heavy atom. The topological polar surface area (TPSA) is 44.8 Å². The number of carbonyl (C=O) groups excluding carboxylic acids is 1.